The summed E-state index contributed by atoms with van der Waals surface area (Å²) in [6.45, 7) is 0. The van der Waals surface area contributed by atoms with Crippen molar-refractivity contribution in [1.82, 2.24) is 0 Å². The fourth-order valence-corrected chi connectivity index (χ4v) is 8.25. The summed E-state index contributed by atoms with van der Waals surface area (Å²) in [6, 6.07) is 32.1. The molecular formula is C34H35NO9S3. The highest BCUT2D eigenvalue weighted by atomic mass is 32.2. The number of thioether (sulfide) groups is 1. The maximum Gasteiger partial charge on any atom is 0.335 e. The number of carbonyl (C=O) groups is 3. The van der Waals surface area contributed by atoms with Crippen molar-refractivity contribution in [1.29, 1.82) is 0 Å². The molecule has 2 heterocycles. The minimum absolute atomic E-state index is 0.00505. The van der Waals surface area contributed by atoms with Crippen LogP contribution in [0.15, 0.2) is 109 Å². The van der Waals surface area contributed by atoms with Gasteiger partial charge >= 0.3 is 11.9 Å². The van der Waals surface area contributed by atoms with Crippen molar-refractivity contribution in [2.24, 2.45) is 5.73 Å². The normalized spacial score (nSPS) is 16.5. The third kappa shape index (κ3) is 12.8. The zero-order valence-electron chi connectivity index (χ0n) is 25.3. The molecule has 2 aliphatic heterocycles. The standard InChI is InChI=1S/C9H11NO2S.C9H8O3S.C9H10O2S.C7H6O2/c2*10-9-6-13(11,12)5-7-3-1-2-4-8(7)9;10-9(11)7-12-6-8-4-2-1-3-5-8;8-7(9)6-4-2-1-3-5-6/h1-4,9H,5-6,10H2;1-4H,5-6H2;1-5H,6-7H2,(H,10,11);1-5H,(H,8,9). The molecule has 0 radical (unpaired) electrons. The van der Waals surface area contributed by atoms with E-state index in [1.165, 1.54) is 17.3 Å². The Morgan fingerprint density at radius 1 is 0.702 bits per heavy atom. The van der Waals surface area contributed by atoms with E-state index >= 15 is 0 Å². The summed E-state index contributed by atoms with van der Waals surface area (Å²) in [5.41, 5.74) is 10.2. The molecule has 4 aromatic carbocycles. The monoisotopic (exact) mass is 697 g/mol. The average molecular weight is 698 g/mol. The van der Waals surface area contributed by atoms with E-state index in [4.69, 9.17) is 15.9 Å². The molecule has 4 aromatic rings. The van der Waals surface area contributed by atoms with Gasteiger partial charge in [-0.25, -0.2) is 21.6 Å². The van der Waals surface area contributed by atoms with Crippen molar-refractivity contribution in [3.8, 4) is 0 Å². The Balaban J connectivity index is 0.000000172. The molecule has 0 fully saturated rings. The summed E-state index contributed by atoms with van der Waals surface area (Å²) < 4.78 is 45.1. The number of hydrogen-bond acceptors (Lipinski definition) is 9. The molecule has 0 aliphatic carbocycles. The van der Waals surface area contributed by atoms with E-state index in [0.29, 0.717) is 16.7 Å². The van der Waals surface area contributed by atoms with Crippen LogP contribution in [0.3, 0.4) is 0 Å². The number of benzene rings is 4. The highest BCUT2D eigenvalue weighted by Crippen LogP contribution is 2.26. The van der Waals surface area contributed by atoms with Crippen molar-refractivity contribution in [2.45, 2.75) is 23.3 Å². The van der Waals surface area contributed by atoms with E-state index in [1.54, 1.807) is 54.6 Å². The first-order valence-corrected chi connectivity index (χ1v) is 19.0. The van der Waals surface area contributed by atoms with Gasteiger partial charge in [-0.3, -0.25) is 9.59 Å². The minimum Gasteiger partial charge on any atom is -0.481 e. The molecular weight excluding hydrogens is 663 g/mol. The van der Waals surface area contributed by atoms with Gasteiger partial charge in [0.15, 0.2) is 25.5 Å². The highest BCUT2D eigenvalue weighted by Gasteiger charge is 2.27. The van der Waals surface area contributed by atoms with Gasteiger partial charge in [-0.1, -0.05) is 97.1 Å². The second-order valence-corrected chi connectivity index (χ2v) is 15.7. The van der Waals surface area contributed by atoms with Gasteiger partial charge in [0.05, 0.1) is 28.6 Å². The van der Waals surface area contributed by atoms with E-state index < -0.39 is 31.6 Å². The number of Topliss-reactive ketones (excluding diaryl/α,β-unsaturated/α-hetero) is 1. The first-order valence-electron chi connectivity index (χ1n) is 14.2. The molecule has 0 saturated carbocycles. The van der Waals surface area contributed by atoms with Crippen molar-refractivity contribution >= 4 is 49.2 Å². The summed E-state index contributed by atoms with van der Waals surface area (Å²) >= 11 is 1.41. The molecule has 0 aromatic heterocycles. The largest absolute Gasteiger partial charge is 0.481 e. The number of nitrogens with two attached hydrogens (primary N) is 1. The van der Waals surface area contributed by atoms with Gasteiger partial charge in [0.2, 0.25) is 0 Å². The fourth-order valence-electron chi connectivity index (χ4n) is 4.58. The number of carboxylic acids is 2. The molecule has 1 unspecified atom stereocenters. The van der Waals surface area contributed by atoms with Crippen LogP contribution in [0.2, 0.25) is 0 Å². The molecule has 13 heteroatoms. The number of aliphatic carboxylic acids is 1. The van der Waals surface area contributed by atoms with E-state index in [1.807, 2.05) is 54.6 Å². The van der Waals surface area contributed by atoms with Crippen LogP contribution < -0.4 is 5.73 Å². The first kappa shape index (κ1) is 37.2. The Morgan fingerprint density at radius 3 is 1.83 bits per heavy atom. The van der Waals surface area contributed by atoms with Crippen molar-refractivity contribution in [2.75, 3.05) is 17.3 Å². The summed E-state index contributed by atoms with van der Waals surface area (Å²) in [5, 5.41) is 16.8. The van der Waals surface area contributed by atoms with Crippen molar-refractivity contribution in [3.63, 3.8) is 0 Å². The molecule has 248 valence electrons. The molecule has 0 spiro atoms. The number of fused-ring (bicyclic) bond motifs is 2. The average Bonchev–Trinajstić information content (AvgIpc) is 3.02. The fraction of sp³-hybridized carbons (Fsp3) is 0.206. The summed E-state index contributed by atoms with van der Waals surface area (Å²) in [6.07, 6.45) is 0. The third-order valence-corrected chi connectivity index (χ3v) is 10.7. The summed E-state index contributed by atoms with van der Waals surface area (Å²) in [5.74, 6) is -1.12. The van der Waals surface area contributed by atoms with Crippen LogP contribution in [0.1, 0.15) is 49.0 Å². The van der Waals surface area contributed by atoms with E-state index in [9.17, 15) is 31.2 Å². The van der Waals surface area contributed by atoms with Crippen LogP contribution in [-0.4, -0.2) is 62.0 Å². The summed E-state index contributed by atoms with van der Waals surface area (Å²) in [7, 11) is -6.17. The number of hydrogen-bond donors (Lipinski definition) is 3. The minimum atomic E-state index is -3.19. The predicted molar refractivity (Wildman–Crippen MR) is 183 cm³/mol. The quantitative estimate of drug-likeness (QED) is 0.260. The van der Waals surface area contributed by atoms with Crippen LogP contribution in [0.4, 0.5) is 0 Å². The maximum absolute atomic E-state index is 11.3. The second-order valence-electron chi connectivity index (χ2n) is 10.5. The number of ketones is 1. The lowest BCUT2D eigenvalue weighted by Gasteiger charge is -2.21. The number of rotatable bonds is 5. The van der Waals surface area contributed by atoms with Gasteiger partial charge < -0.3 is 15.9 Å². The Bertz CT molecular complexity index is 1880. The molecule has 0 bridgehead atoms. The second kappa shape index (κ2) is 17.6. The van der Waals surface area contributed by atoms with Crippen LogP contribution in [0.25, 0.3) is 0 Å². The number of aromatic carboxylic acids is 1. The van der Waals surface area contributed by atoms with Gasteiger partial charge in [0.1, 0.15) is 5.75 Å². The predicted octanol–water partition coefficient (Wildman–Crippen LogP) is 4.80. The lowest BCUT2D eigenvalue weighted by molar-refractivity contribution is -0.133. The molecule has 1 atom stereocenters. The zero-order chi connectivity index (χ0) is 34.5. The van der Waals surface area contributed by atoms with Crippen LogP contribution in [-0.2, 0) is 41.7 Å². The SMILES string of the molecule is NC1CS(=O)(=O)Cc2ccccc21.O=C(O)CSCc1ccccc1.O=C(O)c1ccccc1.O=C1CS(=O)(=O)Cc2ccccc21. The van der Waals surface area contributed by atoms with E-state index in [2.05, 4.69) is 0 Å². The Hall–Kier alpha value is -4.30. The molecule has 10 nitrogen and oxygen atoms in total. The number of sulfone groups is 2. The lowest BCUT2D eigenvalue weighted by Crippen LogP contribution is -2.28. The van der Waals surface area contributed by atoms with E-state index in [0.717, 1.165) is 16.9 Å². The lowest BCUT2D eigenvalue weighted by atomic mass is 10.0. The smallest absolute Gasteiger partial charge is 0.335 e. The van der Waals surface area contributed by atoms with Crippen molar-refractivity contribution in [3.05, 3.63) is 143 Å². The highest BCUT2D eigenvalue weighted by molar-refractivity contribution is 7.99. The Kier molecular flexibility index (Phi) is 13.9. The van der Waals surface area contributed by atoms with Gasteiger partial charge in [-0.15, -0.1) is 11.8 Å². The van der Waals surface area contributed by atoms with Gasteiger partial charge in [0.25, 0.3) is 0 Å². The van der Waals surface area contributed by atoms with Crippen LogP contribution >= 0.6 is 11.8 Å². The molecule has 2 aliphatic rings. The van der Waals surface area contributed by atoms with E-state index in [-0.39, 0.29) is 40.6 Å². The van der Waals surface area contributed by atoms with Crippen LogP contribution in [0.5, 0.6) is 0 Å². The first-order chi connectivity index (χ1) is 22.3. The van der Waals surface area contributed by atoms with Crippen LogP contribution in [0, 0.1) is 0 Å². The third-order valence-electron chi connectivity index (χ3n) is 6.67. The molecule has 0 saturated heterocycles. The van der Waals surface area contributed by atoms with Gasteiger partial charge in [-0.2, -0.15) is 0 Å². The number of carbonyl (C=O) groups excluding carboxylic acids is 1. The topological polar surface area (TPSA) is 186 Å². The van der Waals surface area contributed by atoms with Crippen molar-refractivity contribution < 1.29 is 41.4 Å². The Morgan fingerprint density at radius 2 is 1.23 bits per heavy atom. The maximum atomic E-state index is 11.3. The number of carboxylic acid groups (broad SMARTS) is 2. The molecule has 4 N–H and O–H groups in total. The molecule has 6 rings (SSSR count). The summed E-state index contributed by atoms with van der Waals surface area (Å²) in [4.78, 5) is 31.7. The van der Waals surface area contributed by atoms with Gasteiger partial charge in [0, 0.05) is 17.4 Å². The Labute approximate surface area is 278 Å². The van der Waals surface area contributed by atoms with Gasteiger partial charge in [-0.05, 0) is 34.4 Å². The zero-order valence-corrected chi connectivity index (χ0v) is 27.7. The molecule has 0 amide bonds. The molecule has 47 heavy (non-hydrogen) atoms.